The molecule has 2 N–H and O–H groups in total. The van der Waals surface area contributed by atoms with Gasteiger partial charge in [-0.2, -0.15) is 0 Å². The van der Waals surface area contributed by atoms with E-state index in [-0.39, 0.29) is 5.69 Å². The molecule has 1 amide bonds. The van der Waals surface area contributed by atoms with Crippen LogP contribution in [0.15, 0.2) is 30.3 Å². The lowest BCUT2D eigenvalue weighted by molar-refractivity contribution is -0.384. The van der Waals surface area contributed by atoms with Crippen molar-refractivity contribution in [1.82, 2.24) is 15.6 Å². The molecule has 0 saturated heterocycles. The maximum Gasteiger partial charge on any atom is 0.425 e. The van der Waals surface area contributed by atoms with Gasteiger partial charge in [-0.3, -0.25) is 15.5 Å². The number of rotatable bonds is 4. The molecule has 0 aliphatic rings. The number of aryl methyl sites for hydroxylation is 1. The molecule has 0 saturated carbocycles. The van der Waals surface area contributed by atoms with Gasteiger partial charge >= 0.3 is 6.09 Å². The Bertz CT molecular complexity index is 719. The number of anilines is 1. The molecule has 2 aromatic rings. The molecule has 9 heteroatoms. The van der Waals surface area contributed by atoms with E-state index in [0.717, 1.165) is 5.56 Å². The predicted molar refractivity (Wildman–Crippen MR) is 78.0 cm³/mol. The van der Waals surface area contributed by atoms with Crippen molar-refractivity contribution in [1.29, 1.82) is 0 Å². The fourth-order valence-corrected chi connectivity index (χ4v) is 1.76. The Kier molecular flexibility index (Phi) is 4.47. The van der Waals surface area contributed by atoms with Crippen molar-refractivity contribution in [2.24, 2.45) is 0 Å². The van der Waals surface area contributed by atoms with Gasteiger partial charge in [0.25, 0.3) is 5.69 Å². The van der Waals surface area contributed by atoms with Gasteiger partial charge in [0, 0.05) is 17.7 Å². The molecular formula is C13H13N5O4. The average Bonchev–Trinajstić information content (AvgIpc) is 2.52. The van der Waals surface area contributed by atoms with Crippen LogP contribution in [-0.4, -0.2) is 28.3 Å². The highest BCUT2D eigenvalue weighted by molar-refractivity contribution is 5.69. The Hall–Kier alpha value is -3.23. The van der Waals surface area contributed by atoms with E-state index in [1.807, 2.05) is 0 Å². The molecule has 0 atom stereocenters. The predicted octanol–water partition coefficient (Wildman–Crippen LogP) is 2.04. The molecule has 114 valence electrons. The molecule has 1 heterocycles. The second-order valence-electron chi connectivity index (χ2n) is 4.31. The lowest BCUT2D eigenvalue weighted by atomic mass is 10.1. The first-order valence-electron chi connectivity index (χ1n) is 6.20. The minimum atomic E-state index is -0.665. The Morgan fingerprint density at radius 1 is 1.32 bits per heavy atom. The van der Waals surface area contributed by atoms with Crippen LogP contribution in [0.3, 0.4) is 0 Å². The van der Waals surface area contributed by atoms with E-state index >= 15 is 0 Å². The number of nitrogens with one attached hydrogen (secondary N) is 2. The molecule has 0 aliphatic heterocycles. The van der Waals surface area contributed by atoms with E-state index < -0.39 is 11.0 Å². The fourth-order valence-electron chi connectivity index (χ4n) is 1.76. The lowest BCUT2D eigenvalue weighted by Crippen LogP contribution is -2.29. The summed E-state index contributed by atoms with van der Waals surface area (Å²) < 4.78 is 4.41. The number of benzene rings is 1. The van der Waals surface area contributed by atoms with Crippen molar-refractivity contribution in [2.45, 2.75) is 6.92 Å². The number of nitrogens with zero attached hydrogens (tertiary/aromatic N) is 3. The van der Waals surface area contributed by atoms with Crippen LogP contribution in [0.1, 0.15) is 5.56 Å². The van der Waals surface area contributed by atoms with Crippen LogP contribution < -0.4 is 10.9 Å². The highest BCUT2D eigenvalue weighted by atomic mass is 16.6. The minimum Gasteiger partial charge on any atom is -0.452 e. The summed E-state index contributed by atoms with van der Waals surface area (Å²) in [7, 11) is 1.24. The largest absolute Gasteiger partial charge is 0.452 e. The highest BCUT2D eigenvalue weighted by Crippen LogP contribution is 2.25. The zero-order valence-electron chi connectivity index (χ0n) is 11.9. The zero-order chi connectivity index (χ0) is 16.1. The van der Waals surface area contributed by atoms with Crippen LogP contribution in [-0.2, 0) is 4.74 Å². The maximum absolute atomic E-state index is 11.0. The van der Waals surface area contributed by atoms with Gasteiger partial charge in [0.15, 0.2) is 5.82 Å². The second kappa shape index (κ2) is 6.48. The van der Waals surface area contributed by atoms with Gasteiger partial charge in [-0.25, -0.2) is 10.2 Å². The van der Waals surface area contributed by atoms with Gasteiger partial charge in [0.2, 0.25) is 0 Å². The molecule has 0 spiro atoms. The number of nitro groups is 1. The number of hydrogen-bond donors (Lipinski definition) is 2. The fraction of sp³-hybridized carbons (Fsp3) is 0.154. The molecule has 2 rings (SSSR count). The summed E-state index contributed by atoms with van der Waals surface area (Å²) in [5, 5.41) is 18.7. The van der Waals surface area contributed by atoms with E-state index in [1.165, 1.54) is 19.2 Å². The van der Waals surface area contributed by atoms with Crippen LogP contribution >= 0.6 is 0 Å². The third-order valence-corrected chi connectivity index (χ3v) is 2.79. The Morgan fingerprint density at radius 3 is 2.73 bits per heavy atom. The van der Waals surface area contributed by atoms with Crippen LogP contribution in [0.4, 0.5) is 16.3 Å². The van der Waals surface area contributed by atoms with Crippen molar-refractivity contribution in [2.75, 3.05) is 12.5 Å². The molecule has 9 nitrogen and oxygen atoms in total. The third-order valence-electron chi connectivity index (χ3n) is 2.79. The number of methoxy groups -OCH3 is 1. The zero-order valence-corrected chi connectivity index (χ0v) is 11.9. The molecular weight excluding hydrogens is 290 g/mol. The van der Waals surface area contributed by atoms with Crippen molar-refractivity contribution >= 4 is 17.6 Å². The lowest BCUT2D eigenvalue weighted by Gasteiger charge is -2.09. The highest BCUT2D eigenvalue weighted by Gasteiger charge is 2.11. The maximum atomic E-state index is 11.0. The summed E-state index contributed by atoms with van der Waals surface area (Å²) in [6.07, 6.45) is -0.665. The first kappa shape index (κ1) is 15.2. The third kappa shape index (κ3) is 3.45. The van der Waals surface area contributed by atoms with Gasteiger partial charge in [-0.05, 0) is 18.6 Å². The van der Waals surface area contributed by atoms with Crippen molar-refractivity contribution in [3.63, 3.8) is 0 Å². The summed E-state index contributed by atoms with van der Waals surface area (Å²) in [6.45, 7) is 1.78. The molecule has 0 radical (unpaired) electrons. The molecule has 0 bridgehead atoms. The van der Waals surface area contributed by atoms with Crippen molar-refractivity contribution < 1.29 is 14.5 Å². The summed E-state index contributed by atoms with van der Waals surface area (Å²) in [4.78, 5) is 21.3. The Labute approximate surface area is 125 Å². The summed E-state index contributed by atoms with van der Waals surface area (Å²) in [6, 6.07) is 7.78. The van der Waals surface area contributed by atoms with Crippen LogP contribution in [0.25, 0.3) is 11.3 Å². The van der Waals surface area contributed by atoms with Gasteiger partial charge in [-0.1, -0.05) is 12.1 Å². The number of aromatic nitrogens is 2. The molecule has 0 fully saturated rings. The van der Waals surface area contributed by atoms with Gasteiger partial charge in [0.1, 0.15) is 0 Å². The first-order chi connectivity index (χ1) is 10.5. The van der Waals surface area contributed by atoms with Crippen molar-refractivity contribution in [3.05, 3.63) is 46.0 Å². The van der Waals surface area contributed by atoms with Gasteiger partial charge in [-0.15, -0.1) is 10.2 Å². The number of ether oxygens (including phenoxy) is 1. The molecule has 22 heavy (non-hydrogen) atoms. The van der Waals surface area contributed by atoms with Crippen molar-refractivity contribution in [3.8, 4) is 11.3 Å². The number of hydrogen-bond acceptors (Lipinski definition) is 7. The quantitative estimate of drug-likeness (QED) is 0.655. The smallest absolute Gasteiger partial charge is 0.425 e. The van der Waals surface area contributed by atoms with Gasteiger partial charge in [0.05, 0.1) is 17.7 Å². The SMILES string of the molecule is COC(=O)NNc1cc(C)c(-c2cccc([N+](=O)[O-])c2)nn1. The standard InChI is InChI=1S/C13H13N5O4/c1-8-6-11(15-17-13(19)22-2)14-16-12(8)9-4-3-5-10(7-9)18(20)21/h3-7H,1-2H3,(H,14,15)(H,17,19). The van der Waals surface area contributed by atoms with Crippen LogP contribution in [0.2, 0.25) is 0 Å². The number of carbonyl (C=O) groups is 1. The normalized spacial score (nSPS) is 9.91. The van der Waals surface area contributed by atoms with Crippen LogP contribution in [0, 0.1) is 17.0 Å². The van der Waals surface area contributed by atoms with E-state index in [2.05, 4.69) is 25.8 Å². The molecule has 1 aromatic carbocycles. The Balaban J connectivity index is 2.24. The number of carbonyl (C=O) groups excluding carboxylic acids is 1. The monoisotopic (exact) mass is 303 g/mol. The summed E-state index contributed by atoms with van der Waals surface area (Å²) >= 11 is 0. The minimum absolute atomic E-state index is 0.0201. The van der Waals surface area contributed by atoms with E-state index in [0.29, 0.717) is 17.1 Å². The summed E-state index contributed by atoms with van der Waals surface area (Å²) in [5.41, 5.74) is 6.62. The molecule has 0 aliphatic carbocycles. The topological polar surface area (TPSA) is 119 Å². The summed E-state index contributed by atoms with van der Waals surface area (Å²) in [5.74, 6) is 0.317. The van der Waals surface area contributed by atoms with E-state index in [4.69, 9.17) is 0 Å². The number of amides is 1. The van der Waals surface area contributed by atoms with Crippen LogP contribution in [0.5, 0.6) is 0 Å². The van der Waals surface area contributed by atoms with E-state index in [1.54, 1.807) is 25.1 Å². The first-order valence-corrected chi connectivity index (χ1v) is 6.20. The molecule has 0 unspecified atom stereocenters. The van der Waals surface area contributed by atoms with E-state index in [9.17, 15) is 14.9 Å². The number of non-ortho nitro benzene ring substituents is 1. The number of hydrazine groups is 1. The second-order valence-corrected chi connectivity index (χ2v) is 4.31. The van der Waals surface area contributed by atoms with Gasteiger partial charge < -0.3 is 4.74 Å². The average molecular weight is 303 g/mol. The Morgan fingerprint density at radius 2 is 2.09 bits per heavy atom. The number of nitro benzene ring substituents is 1. The molecule has 1 aromatic heterocycles.